The minimum Gasteiger partial charge on any atom is -0.312 e. The highest BCUT2D eigenvalue weighted by molar-refractivity contribution is 5.26. The van der Waals surface area contributed by atoms with Gasteiger partial charge in [-0.05, 0) is 30.2 Å². The van der Waals surface area contributed by atoms with Gasteiger partial charge in [0.25, 0.3) is 0 Å². The Morgan fingerprint density at radius 1 is 1.24 bits per heavy atom. The maximum atomic E-state index is 13.2. The molecule has 0 fully saturated rings. The first kappa shape index (κ1) is 14.0. The highest BCUT2D eigenvalue weighted by Crippen LogP contribution is 2.31. The summed E-state index contributed by atoms with van der Waals surface area (Å²) in [5.41, 5.74) is -0.707. The molecule has 1 nitrogen and oxygen atoms in total. The highest BCUT2D eigenvalue weighted by atomic mass is 19.4. The van der Waals surface area contributed by atoms with E-state index in [2.05, 4.69) is 5.32 Å². The third-order valence-electron chi connectivity index (χ3n) is 2.22. The van der Waals surface area contributed by atoms with Crippen LogP contribution in [0.5, 0.6) is 0 Å². The van der Waals surface area contributed by atoms with E-state index in [1.165, 1.54) is 6.07 Å². The summed E-state index contributed by atoms with van der Waals surface area (Å²) in [6.45, 7) is 5.14. The monoisotopic (exact) mass is 249 g/mol. The predicted octanol–water partition coefficient (Wildman–Crippen LogP) is 3.59. The number of benzene rings is 1. The minimum atomic E-state index is -4.63. The third kappa shape index (κ3) is 4.34. The molecule has 0 aliphatic heterocycles. The second-order valence-corrected chi connectivity index (χ2v) is 4.34. The fraction of sp³-hybridized carbons (Fsp3) is 0.500. The van der Waals surface area contributed by atoms with Gasteiger partial charge in [-0.3, -0.25) is 0 Å². The van der Waals surface area contributed by atoms with E-state index in [-0.39, 0.29) is 0 Å². The first-order valence-corrected chi connectivity index (χ1v) is 5.37. The number of rotatable bonds is 4. The van der Waals surface area contributed by atoms with E-state index in [9.17, 15) is 17.6 Å². The maximum Gasteiger partial charge on any atom is 0.419 e. The van der Waals surface area contributed by atoms with Gasteiger partial charge in [-0.1, -0.05) is 19.9 Å². The zero-order valence-corrected chi connectivity index (χ0v) is 9.74. The molecule has 0 aliphatic rings. The Hall–Kier alpha value is -1.10. The Kier molecular flexibility index (Phi) is 4.51. The Labute approximate surface area is 97.8 Å². The van der Waals surface area contributed by atoms with Crippen molar-refractivity contribution >= 4 is 0 Å². The molecule has 0 amide bonds. The molecule has 1 aromatic rings. The Morgan fingerprint density at radius 2 is 1.88 bits per heavy atom. The van der Waals surface area contributed by atoms with Crippen LogP contribution < -0.4 is 5.32 Å². The summed E-state index contributed by atoms with van der Waals surface area (Å²) in [4.78, 5) is 0. The molecular formula is C12H15F4N. The normalized spacial score (nSPS) is 12.2. The summed E-state index contributed by atoms with van der Waals surface area (Å²) >= 11 is 0. The molecule has 1 aromatic carbocycles. The van der Waals surface area contributed by atoms with E-state index in [4.69, 9.17) is 0 Å². The van der Waals surface area contributed by atoms with E-state index in [0.717, 1.165) is 18.7 Å². The minimum absolute atomic E-state index is 0.368. The molecule has 0 atom stereocenters. The Balaban J connectivity index is 2.69. The standard InChI is InChI=1S/C12H15F4N/c1-8(2)6-17-7-9-3-4-10(11(13)5-9)12(14,15)16/h3-5,8,17H,6-7H2,1-2H3. The fourth-order valence-electron chi connectivity index (χ4n) is 1.40. The number of nitrogens with one attached hydrogen (secondary N) is 1. The molecule has 0 saturated carbocycles. The first-order chi connectivity index (χ1) is 7.80. The lowest BCUT2D eigenvalue weighted by atomic mass is 10.1. The van der Waals surface area contributed by atoms with Crippen molar-refractivity contribution in [1.82, 2.24) is 5.32 Å². The summed E-state index contributed by atoms with van der Waals surface area (Å²) in [5, 5.41) is 3.04. The van der Waals surface area contributed by atoms with Gasteiger partial charge in [0.2, 0.25) is 0 Å². The molecule has 0 aliphatic carbocycles. The molecule has 0 saturated heterocycles. The average molecular weight is 249 g/mol. The second kappa shape index (κ2) is 5.49. The molecule has 0 heterocycles. The molecule has 0 spiro atoms. The molecular weight excluding hydrogens is 234 g/mol. The summed E-state index contributed by atoms with van der Waals surface area (Å²) in [6.07, 6.45) is -4.63. The summed E-state index contributed by atoms with van der Waals surface area (Å²) in [6, 6.07) is 3.00. The fourth-order valence-corrected chi connectivity index (χ4v) is 1.40. The molecule has 17 heavy (non-hydrogen) atoms. The van der Waals surface area contributed by atoms with Crippen molar-refractivity contribution < 1.29 is 17.6 Å². The van der Waals surface area contributed by atoms with E-state index >= 15 is 0 Å². The molecule has 96 valence electrons. The SMILES string of the molecule is CC(C)CNCc1ccc(C(F)(F)F)c(F)c1. The molecule has 0 aromatic heterocycles. The van der Waals surface area contributed by atoms with E-state index < -0.39 is 17.6 Å². The second-order valence-electron chi connectivity index (χ2n) is 4.34. The smallest absolute Gasteiger partial charge is 0.312 e. The maximum absolute atomic E-state index is 13.2. The number of hydrogen-bond acceptors (Lipinski definition) is 1. The van der Waals surface area contributed by atoms with E-state index in [1.807, 2.05) is 13.8 Å². The molecule has 0 unspecified atom stereocenters. The van der Waals surface area contributed by atoms with E-state index in [1.54, 1.807) is 0 Å². The van der Waals surface area contributed by atoms with Crippen LogP contribution in [0.15, 0.2) is 18.2 Å². The van der Waals surface area contributed by atoms with Gasteiger partial charge in [0.1, 0.15) is 5.82 Å². The van der Waals surface area contributed by atoms with Crippen LogP contribution in [0, 0.1) is 11.7 Å². The van der Waals surface area contributed by atoms with Gasteiger partial charge >= 0.3 is 6.18 Å². The lowest BCUT2D eigenvalue weighted by Gasteiger charge is -2.10. The van der Waals surface area contributed by atoms with Crippen molar-refractivity contribution in [2.24, 2.45) is 5.92 Å². The Morgan fingerprint density at radius 3 is 2.35 bits per heavy atom. The predicted molar refractivity (Wildman–Crippen MR) is 57.9 cm³/mol. The summed E-state index contributed by atoms with van der Waals surface area (Å²) in [5.74, 6) is -0.782. The molecule has 5 heteroatoms. The van der Waals surface area contributed by atoms with Crippen LogP contribution in [0.2, 0.25) is 0 Å². The third-order valence-corrected chi connectivity index (χ3v) is 2.22. The van der Waals surface area contributed by atoms with Gasteiger partial charge in [0.15, 0.2) is 0 Å². The van der Waals surface area contributed by atoms with Crippen LogP contribution in [0.3, 0.4) is 0 Å². The average Bonchev–Trinajstić information content (AvgIpc) is 2.14. The highest BCUT2D eigenvalue weighted by Gasteiger charge is 2.33. The van der Waals surface area contributed by atoms with Crippen molar-refractivity contribution in [1.29, 1.82) is 0 Å². The van der Waals surface area contributed by atoms with Gasteiger partial charge in [-0.15, -0.1) is 0 Å². The van der Waals surface area contributed by atoms with Crippen molar-refractivity contribution in [3.63, 3.8) is 0 Å². The zero-order valence-electron chi connectivity index (χ0n) is 9.74. The van der Waals surface area contributed by atoms with Crippen LogP contribution >= 0.6 is 0 Å². The van der Waals surface area contributed by atoms with Crippen molar-refractivity contribution in [3.8, 4) is 0 Å². The van der Waals surface area contributed by atoms with Crippen LogP contribution in [0.25, 0.3) is 0 Å². The van der Waals surface area contributed by atoms with Gasteiger partial charge < -0.3 is 5.32 Å². The van der Waals surface area contributed by atoms with Crippen LogP contribution in [-0.4, -0.2) is 6.54 Å². The van der Waals surface area contributed by atoms with Crippen LogP contribution in [-0.2, 0) is 12.7 Å². The van der Waals surface area contributed by atoms with Crippen LogP contribution in [0.4, 0.5) is 17.6 Å². The lowest BCUT2D eigenvalue weighted by Crippen LogP contribution is -2.19. The van der Waals surface area contributed by atoms with Crippen molar-refractivity contribution in [3.05, 3.63) is 35.1 Å². The quantitative estimate of drug-likeness (QED) is 0.804. The molecule has 0 bridgehead atoms. The van der Waals surface area contributed by atoms with Crippen molar-refractivity contribution in [2.75, 3.05) is 6.54 Å². The van der Waals surface area contributed by atoms with Crippen molar-refractivity contribution in [2.45, 2.75) is 26.6 Å². The van der Waals surface area contributed by atoms with Gasteiger partial charge in [-0.25, -0.2) is 4.39 Å². The largest absolute Gasteiger partial charge is 0.419 e. The molecule has 1 N–H and O–H groups in total. The van der Waals surface area contributed by atoms with E-state index in [0.29, 0.717) is 18.0 Å². The topological polar surface area (TPSA) is 12.0 Å². The number of alkyl halides is 3. The summed E-state index contributed by atoms with van der Waals surface area (Å²) < 4.78 is 50.0. The Bertz CT molecular complexity index is 371. The number of halogens is 4. The first-order valence-electron chi connectivity index (χ1n) is 5.37. The number of hydrogen-bond donors (Lipinski definition) is 1. The molecule has 0 radical (unpaired) electrons. The summed E-state index contributed by atoms with van der Waals surface area (Å²) in [7, 11) is 0. The van der Waals surface area contributed by atoms with Gasteiger partial charge in [0.05, 0.1) is 5.56 Å². The van der Waals surface area contributed by atoms with Crippen LogP contribution in [0.1, 0.15) is 25.0 Å². The zero-order chi connectivity index (χ0) is 13.1. The van der Waals surface area contributed by atoms with Gasteiger partial charge in [-0.2, -0.15) is 13.2 Å². The molecule has 1 rings (SSSR count). The lowest BCUT2D eigenvalue weighted by molar-refractivity contribution is -0.140. The van der Waals surface area contributed by atoms with Gasteiger partial charge in [0, 0.05) is 6.54 Å².